The second kappa shape index (κ2) is 7.57. The van der Waals surface area contributed by atoms with Gasteiger partial charge < -0.3 is 19.7 Å². The van der Waals surface area contributed by atoms with Crippen molar-refractivity contribution in [2.24, 2.45) is 0 Å². The Hall–Kier alpha value is -1.92. The molecule has 1 aromatic rings. The van der Waals surface area contributed by atoms with E-state index in [1.165, 1.54) is 0 Å². The van der Waals surface area contributed by atoms with Crippen LogP contribution in [0.5, 0.6) is 0 Å². The van der Waals surface area contributed by atoms with E-state index in [9.17, 15) is 9.59 Å². The van der Waals surface area contributed by atoms with Gasteiger partial charge in [0.05, 0.1) is 19.3 Å². The third-order valence-electron chi connectivity index (χ3n) is 4.18. The van der Waals surface area contributed by atoms with Crippen LogP contribution in [0.3, 0.4) is 0 Å². The Labute approximate surface area is 135 Å². The van der Waals surface area contributed by atoms with Crippen molar-refractivity contribution >= 4 is 11.8 Å². The summed E-state index contributed by atoms with van der Waals surface area (Å²) in [6.45, 7) is 3.59. The number of carbonyl (C=O) groups excluding carboxylic acids is 2. The van der Waals surface area contributed by atoms with E-state index in [2.05, 4.69) is 5.32 Å². The van der Waals surface area contributed by atoms with Crippen LogP contribution in [0.4, 0.5) is 0 Å². The van der Waals surface area contributed by atoms with Crippen molar-refractivity contribution in [3.63, 3.8) is 0 Å². The summed E-state index contributed by atoms with van der Waals surface area (Å²) >= 11 is 0. The van der Waals surface area contributed by atoms with Gasteiger partial charge in [0.1, 0.15) is 0 Å². The lowest BCUT2D eigenvalue weighted by atomic mass is 10.1. The lowest BCUT2D eigenvalue weighted by Gasteiger charge is -2.27. The molecule has 0 aromatic heterocycles. The molecule has 6 nitrogen and oxygen atoms in total. The molecule has 2 heterocycles. The largest absolute Gasteiger partial charge is 0.378 e. The molecule has 1 atom stereocenters. The van der Waals surface area contributed by atoms with Crippen molar-refractivity contribution in [1.82, 2.24) is 10.2 Å². The smallest absolute Gasteiger partial charge is 0.254 e. The van der Waals surface area contributed by atoms with Gasteiger partial charge in [0.25, 0.3) is 11.8 Å². The van der Waals surface area contributed by atoms with E-state index in [1.54, 1.807) is 29.2 Å². The Morgan fingerprint density at radius 3 is 2.70 bits per heavy atom. The average Bonchev–Trinajstić information content (AvgIpc) is 3.13. The summed E-state index contributed by atoms with van der Waals surface area (Å²) in [5.74, 6) is -0.223. The minimum absolute atomic E-state index is 0.0536. The van der Waals surface area contributed by atoms with Crippen LogP contribution in [0.1, 0.15) is 33.6 Å². The predicted octanol–water partition coefficient (Wildman–Crippen LogP) is 1.07. The molecule has 0 radical (unpaired) electrons. The van der Waals surface area contributed by atoms with Crippen molar-refractivity contribution < 1.29 is 19.1 Å². The number of morpholine rings is 1. The molecule has 2 aliphatic rings. The van der Waals surface area contributed by atoms with Crippen LogP contribution in [0, 0.1) is 0 Å². The zero-order valence-electron chi connectivity index (χ0n) is 13.1. The Balaban J connectivity index is 1.61. The zero-order valence-corrected chi connectivity index (χ0v) is 13.1. The van der Waals surface area contributed by atoms with E-state index in [0.29, 0.717) is 44.0 Å². The molecule has 1 N–H and O–H groups in total. The molecule has 0 saturated carbocycles. The van der Waals surface area contributed by atoms with E-state index in [1.807, 2.05) is 0 Å². The van der Waals surface area contributed by atoms with Gasteiger partial charge in [-0.2, -0.15) is 0 Å². The summed E-state index contributed by atoms with van der Waals surface area (Å²) in [7, 11) is 0. The summed E-state index contributed by atoms with van der Waals surface area (Å²) in [5, 5.41) is 2.88. The second-order valence-electron chi connectivity index (χ2n) is 5.83. The highest BCUT2D eigenvalue weighted by molar-refractivity contribution is 5.99. The van der Waals surface area contributed by atoms with Gasteiger partial charge in [-0.15, -0.1) is 0 Å². The molecule has 3 rings (SSSR count). The fourth-order valence-electron chi connectivity index (χ4n) is 2.86. The molecule has 2 amide bonds. The van der Waals surface area contributed by atoms with E-state index in [0.717, 1.165) is 19.4 Å². The molecular weight excluding hydrogens is 296 g/mol. The topological polar surface area (TPSA) is 67.9 Å². The number of ether oxygens (including phenoxy) is 2. The summed E-state index contributed by atoms with van der Waals surface area (Å²) in [6.07, 6.45) is 2.14. The number of amides is 2. The molecule has 2 saturated heterocycles. The minimum atomic E-state index is -0.169. The van der Waals surface area contributed by atoms with Crippen LogP contribution in [0.2, 0.25) is 0 Å². The van der Waals surface area contributed by atoms with Gasteiger partial charge in [0.15, 0.2) is 0 Å². The highest BCUT2D eigenvalue weighted by Gasteiger charge is 2.20. The van der Waals surface area contributed by atoms with E-state index in [-0.39, 0.29) is 17.9 Å². The number of rotatable bonds is 4. The van der Waals surface area contributed by atoms with Gasteiger partial charge in [0.2, 0.25) is 0 Å². The quantitative estimate of drug-likeness (QED) is 0.902. The maximum Gasteiger partial charge on any atom is 0.254 e. The molecule has 2 fully saturated rings. The van der Waals surface area contributed by atoms with Crippen LogP contribution in [-0.2, 0) is 9.47 Å². The number of nitrogens with zero attached hydrogens (tertiary/aromatic N) is 1. The van der Waals surface area contributed by atoms with Crippen molar-refractivity contribution in [3.05, 3.63) is 35.4 Å². The first-order chi connectivity index (χ1) is 11.2. The van der Waals surface area contributed by atoms with Crippen LogP contribution in [0.25, 0.3) is 0 Å². The third kappa shape index (κ3) is 4.09. The van der Waals surface area contributed by atoms with Gasteiger partial charge in [-0.1, -0.05) is 6.07 Å². The van der Waals surface area contributed by atoms with E-state index in [4.69, 9.17) is 9.47 Å². The molecule has 124 valence electrons. The van der Waals surface area contributed by atoms with Crippen LogP contribution >= 0.6 is 0 Å². The third-order valence-corrected chi connectivity index (χ3v) is 4.18. The molecule has 0 spiro atoms. The molecule has 1 aromatic carbocycles. The molecule has 1 unspecified atom stereocenters. The zero-order chi connectivity index (χ0) is 16.1. The molecule has 23 heavy (non-hydrogen) atoms. The van der Waals surface area contributed by atoms with Gasteiger partial charge >= 0.3 is 0 Å². The number of carbonyl (C=O) groups is 2. The second-order valence-corrected chi connectivity index (χ2v) is 5.83. The number of nitrogens with one attached hydrogen (secondary N) is 1. The standard InChI is InChI=1S/C17H22N2O4/c20-16(18-12-15-5-2-8-23-15)13-3-1-4-14(11-13)17(21)19-6-9-22-10-7-19/h1,3-4,11,15H,2,5-10,12H2,(H,18,20). The van der Waals surface area contributed by atoms with Crippen LogP contribution in [-0.4, -0.2) is 62.3 Å². The Morgan fingerprint density at radius 1 is 1.17 bits per heavy atom. The first-order valence-corrected chi connectivity index (χ1v) is 8.11. The SMILES string of the molecule is O=C(NCC1CCCO1)c1cccc(C(=O)N2CCOCC2)c1. The van der Waals surface area contributed by atoms with Crippen LogP contribution in [0.15, 0.2) is 24.3 Å². The van der Waals surface area contributed by atoms with Crippen LogP contribution < -0.4 is 5.32 Å². The van der Waals surface area contributed by atoms with E-state index >= 15 is 0 Å². The fraction of sp³-hybridized carbons (Fsp3) is 0.529. The predicted molar refractivity (Wildman–Crippen MR) is 84.5 cm³/mol. The van der Waals surface area contributed by atoms with E-state index < -0.39 is 0 Å². The molecular formula is C17H22N2O4. The number of benzene rings is 1. The summed E-state index contributed by atoms with van der Waals surface area (Å²) < 4.78 is 10.8. The van der Waals surface area contributed by atoms with Gasteiger partial charge in [-0.25, -0.2) is 0 Å². The molecule has 0 bridgehead atoms. The fourth-order valence-corrected chi connectivity index (χ4v) is 2.86. The first-order valence-electron chi connectivity index (χ1n) is 8.11. The lowest BCUT2D eigenvalue weighted by molar-refractivity contribution is 0.0303. The van der Waals surface area contributed by atoms with Crippen molar-refractivity contribution in [2.75, 3.05) is 39.5 Å². The van der Waals surface area contributed by atoms with Crippen molar-refractivity contribution in [1.29, 1.82) is 0 Å². The normalized spacial score (nSPS) is 21.2. The van der Waals surface area contributed by atoms with Gasteiger partial charge in [-0.3, -0.25) is 9.59 Å². The molecule has 2 aliphatic heterocycles. The Kier molecular flexibility index (Phi) is 5.25. The molecule has 0 aliphatic carbocycles. The highest BCUT2D eigenvalue weighted by atomic mass is 16.5. The summed E-state index contributed by atoms with van der Waals surface area (Å²) in [6, 6.07) is 6.87. The van der Waals surface area contributed by atoms with Crippen molar-refractivity contribution in [3.8, 4) is 0 Å². The maximum atomic E-state index is 12.5. The van der Waals surface area contributed by atoms with Crippen molar-refractivity contribution in [2.45, 2.75) is 18.9 Å². The monoisotopic (exact) mass is 318 g/mol. The maximum absolute atomic E-state index is 12.5. The molecule has 6 heteroatoms. The Bertz CT molecular complexity index is 563. The van der Waals surface area contributed by atoms with Gasteiger partial charge in [-0.05, 0) is 31.0 Å². The average molecular weight is 318 g/mol. The summed E-state index contributed by atoms with van der Waals surface area (Å²) in [5.41, 5.74) is 1.04. The van der Waals surface area contributed by atoms with Gasteiger partial charge in [0, 0.05) is 37.4 Å². The summed E-state index contributed by atoms with van der Waals surface area (Å²) in [4.78, 5) is 26.5. The Morgan fingerprint density at radius 2 is 1.96 bits per heavy atom. The number of hydrogen-bond acceptors (Lipinski definition) is 4. The number of hydrogen-bond donors (Lipinski definition) is 1. The lowest BCUT2D eigenvalue weighted by Crippen LogP contribution is -2.40. The first kappa shape index (κ1) is 16.0. The highest BCUT2D eigenvalue weighted by Crippen LogP contribution is 2.12. The minimum Gasteiger partial charge on any atom is -0.378 e.